The number of carboxylic acid groups (broad SMARTS) is 1. The van der Waals surface area contributed by atoms with Crippen LogP contribution in [0.2, 0.25) is 0 Å². The van der Waals surface area contributed by atoms with Crippen molar-refractivity contribution in [2.75, 3.05) is 25.3 Å². The van der Waals surface area contributed by atoms with Gasteiger partial charge in [0.1, 0.15) is 17.6 Å². The van der Waals surface area contributed by atoms with Gasteiger partial charge in [-0.2, -0.15) is 0 Å². The van der Waals surface area contributed by atoms with Gasteiger partial charge in [-0.3, -0.25) is 9.78 Å². The molecule has 4 aromatic rings. The third kappa shape index (κ3) is 5.14. The first-order chi connectivity index (χ1) is 19.1. The molecule has 1 unspecified atom stereocenters. The number of pyridine rings is 1. The molecule has 39 heavy (non-hydrogen) atoms. The molecule has 2 aromatic carbocycles. The number of aryl methyl sites for hydroxylation is 1. The number of nitrogens with zero attached hydrogens (tertiary/aromatic N) is 2. The number of carbonyl (C=O) groups is 1. The Hall–Kier alpha value is -4.46. The highest BCUT2D eigenvalue weighted by Gasteiger charge is 2.43. The minimum atomic E-state index is -0.999. The van der Waals surface area contributed by atoms with Gasteiger partial charge in [0.2, 0.25) is 6.79 Å². The molecule has 8 heteroatoms. The van der Waals surface area contributed by atoms with Crippen LogP contribution in [0.15, 0.2) is 84.9 Å². The van der Waals surface area contributed by atoms with E-state index in [-0.39, 0.29) is 13.2 Å². The van der Waals surface area contributed by atoms with E-state index in [0.717, 1.165) is 65.1 Å². The Morgan fingerprint density at radius 2 is 2.03 bits per heavy atom. The van der Waals surface area contributed by atoms with Crippen molar-refractivity contribution in [2.45, 2.75) is 37.6 Å². The quantitative estimate of drug-likeness (QED) is 0.291. The predicted molar refractivity (Wildman–Crippen MR) is 148 cm³/mol. The summed E-state index contributed by atoms with van der Waals surface area (Å²) < 4.78 is 19.3. The molecule has 0 fully saturated rings. The van der Waals surface area contributed by atoms with Crippen LogP contribution in [0.4, 0.5) is 5.69 Å². The molecule has 2 N–H and O–H groups in total. The Morgan fingerprint density at radius 3 is 2.85 bits per heavy atom. The second-order valence-corrected chi connectivity index (χ2v) is 10.0. The second kappa shape index (κ2) is 10.7. The Bertz CT molecular complexity index is 1510. The summed E-state index contributed by atoms with van der Waals surface area (Å²) in [5.41, 5.74) is 4.19. The molecular formula is C31H31N3O5. The maximum atomic E-state index is 12.2. The molecule has 2 aliphatic rings. The average Bonchev–Trinajstić information content (AvgIpc) is 3.64. The van der Waals surface area contributed by atoms with Gasteiger partial charge < -0.3 is 29.2 Å². The molecule has 0 aliphatic carbocycles. The van der Waals surface area contributed by atoms with Crippen molar-refractivity contribution in [3.05, 3.63) is 102 Å². The summed E-state index contributed by atoms with van der Waals surface area (Å²) in [6.45, 7) is 1.59. The van der Waals surface area contributed by atoms with Gasteiger partial charge in [0.25, 0.3) is 0 Å². The van der Waals surface area contributed by atoms with Crippen LogP contribution in [-0.2, 0) is 39.1 Å². The lowest BCUT2D eigenvalue weighted by Crippen LogP contribution is -2.40. The number of carboxylic acids is 1. The fourth-order valence-electron chi connectivity index (χ4n) is 5.57. The molecule has 0 amide bonds. The van der Waals surface area contributed by atoms with Gasteiger partial charge in [-0.05, 0) is 54.8 Å². The lowest BCUT2D eigenvalue weighted by molar-refractivity contribution is -0.139. The van der Waals surface area contributed by atoms with E-state index in [9.17, 15) is 9.90 Å². The molecule has 0 bridgehead atoms. The Labute approximate surface area is 226 Å². The van der Waals surface area contributed by atoms with Crippen LogP contribution < -0.4 is 10.1 Å². The number of aromatic nitrogens is 2. The van der Waals surface area contributed by atoms with Gasteiger partial charge in [-0.25, -0.2) is 0 Å². The summed E-state index contributed by atoms with van der Waals surface area (Å²) in [6, 6.07) is 21.9. The smallest absolute Gasteiger partial charge is 0.306 e. The van der Waals surface area contributed by atoms with E-state index in [0.29, 0.717) is 18.8 Å². The number of benzene rings is 2. The van der Waals surface area contributed by atoms with E-state index in [1.165, 1.54) is 0 Å². The Kier molecular flexibility index (Phi) is 6.84. The highest BCUT2D eigenvalue weighted by atomic mass is 16.7. The minimum Gasteiger partial charge on any atom is -0.493 e. The van der Waals surface area contributed by atoms with Gasteiger partial charge in [0, 0.05) is 42.2 Å². The fourth-order valence-corrected chi connectivity index (χ4v) is 5.57. The van der Waals surface area contributed by atoms with E-state index >= 15 is 0 Å². The van der Waals surface area contributed by atoms with Crippen molar-refractivity contribution in [1.29, 1.82) is 0 Å². The molecule has 8 nitrogen and oxygen atoms in total. The normalized spacial score (nSPS) is 15.8. The molecule has 0 spiro atoms. The van der Waals surface area contributed by atoms with Crippen molar-refractivity contribution in [2.24, 2.45) is 0 Å². The lowest BCUT2D eigenvalue weighted by atomic mass is 9.85. The molecule has 0 radical (unpaired) electrons. The molecular weight excluding hydrogens is 494 g/mol. The van der Waals surface area contributed by atoms with E-state index in [2.05, 4.69) is 17.4 Å². The van der Waals surface area contributed by atoms with Crippen molar-refractivity contribution in [1.82, 2.24) is 9.55 Å². The van der Waals surface area contributed by atoms with Crippen LogP contribution in [-0.4, -0.2) is 40.6 Å². The van der Waals surface area contributed by atoms with Gasteiger partial charge in [0.15, 0.2) is 5.76 Å². The van der Waals surface area contributed by atoms with Crippen LogP contribution in [0.3, 0.4) is 0 Å². The molecule has 200 valence electrons. The summed E-state index contributed by atoms with van der Waals surface area (Å²) in [5.74, 6) is 0.335. The third-order valence-corrected chi connectivity index (χ3v) is 7.40. The van der Waals surface area contributed by atoms with Gasteiger partial charge in [-0.1, -0.05) is 30.3 Å². The molecule has 4 heterocycles. The van der Waals surface area contributed by atoms with Crippen LogP contribution in [0.1, 0.15) is 29.8 Å². The van der Waals surface area contributed by atoms with Crippen molar-refractivity contribution in [3.8, 4) is 5.75 Å². The standard InChI is InChI=1S/C31H31N3O5/c35-30(36)19-31(29-20-37-21-39-29,18-22-5-2-1-3-6-22)34-15-12-23-17-25(9-11-28(23)34)38-16-13-24-8-10-26-27(33-24)7-4-14-32-26/h1-3,5-6,8-12,15,17,20,32H,4,7,13-14,16,18-19,21H2,(H,35,36). The SMILES string of the molecule is O=C(O)CC(Cc1ccccc1)(C1=COCO1)n1ccc2cc(OCCc3ccc4c(n3)CCCN4)ccc21. The number of ether oxygens (including phenoxy) is 3. The van der Waals surface area contributed by atoms with Crippen molar-refractivity contribution < 1.29 is 24.1 Å². The van der Waals surface area contributed by atoms with Crippen molar-refractivity contribution in [3.63, 3.8) is 0 Å². The zero-order chi connectivity index (χ0) is 26.7. The number of aliphatic carboxylic acids is 1. The van der Waals surface area contributed by atoms with E-state index in [1.54, 1.807) is 6.26 Å². The molecule has 1 atom stereocenters. The predicted octanol–water partition coefficient (Wildman–Crippen LogP) is 5.27. The van der Waals surface area contributed by atoms with E-state index in [4.69, 9.17) is 19.2 Å². The first kappa shape index (κ1) is 24.9. The first-order valence-electron chi connectivity index (χ1n) is 13.3. The number of rotatable bonds is 10. The lowest BCUT2D eigenvalue weighted by Gasteiger charge is -2.35. The van der Waals surface area contributed by atoms with Gasteiger partial charge >= 0.3 is 5.97 Å². The first-order valence-corrected chi connectivity index (χ1v) is 13.3. The number of fused-ring (bicyclic) bond motifs is 2. The van der Waals surface area contributed by atoms with E-state index in [1.807, 2.05) is 65.4 Å². The van der Waals surface area contributed by atoms with Crippen molar-refractivity contribution >= 4 is 22.6 Å². The average molecular weight is 526 g/mol. The molecule has 0 saturated heterocycles. The monoisotopic (exact) mass is 525 g/mol. The Morgan fingerprint density at radius 1 is 1.13 bits per heavy atom. The summed E-state index contributed by atoms with van der Waals surface area (Å²) in [7, 11) is 0. The molecule has 0 saturated carbocycles. The van der Waals surface area contributed by atoms with Gasteiger partial charge in [-0.15, -0.1) is 0 Å². The maximum Gasteiger partial charge on any atom is 0.306 e. The maximum absolute atomic E-state index is 12.2. The molecule has 6 rings (SSSR count). The zero-order valence-electron chi connectivity index (χ0n) is 21.6. The third-order valence-electron chi connectivity index (χ3n) is 7.40. The van der Waals surface area contributed by atoms with Crippen LogP contribution in [0.5, 0.6) is 5.75 Å². The number of hydrogen-bond acceptors (Lipinski definition) is 6. The highest BCUT2D eigenvalue weighted by molar-refractivity contribution is 5.83. The Balaban J connectivity index is 1.26. The zero-order valence-corrected chi connectivity index (χ0v) is 21.6. The second-order valence-electron chi connectivity index (χ2n) is 10.0. The van der Waals surface area contributed by atoms with Gasteiger partial charge in [0.05, 0.1) is 24.4 Å². The summed E-state index contributed by atoms with van der Waals surface area (Å²) in [4.78, 5) is 17.0. The fraction of sp³-hybridized carbons (Fsp3) is 0.290. The number of hydrogen-bond donors (Lipinski definition) is 2. The summed E-state index contributed by atoms with van der Waals surface area (Å²) >= 11 is 0. The summed E-state index contributed by atoms with van der Waals surface area (Å²) in [5, 5.41) is 14.3. The molecule has 2 aromatic heterocycles. The number of nitrogens with one attached hydrogen (secondary N) is 1. The van der Waals surface area contributed by atoms with Crippen LogP contribution in [0.25, 0.3) is 10.9 Å². The largest absolute Gasteiger partial charge is 0.493 e. The summed E-state index contributed by atoms with van der Waals surface area (Å²) in [6.07, 6.45) is 6.56. The molecule has 2 aliphatic heterocycles. The van der Waals surface area contributed by atoms with E-state index < -0.39 is 11.5 Å². The minimum absolute atomic E-state index is 0.0677. The number of allylic oxidation sites excluding steroid dienone is 1. The number of anilines is 1. The topological polar surface area (TPSA) is 94.8 Å². The van der Waals surface area contributed by atoms with Crippen LogP contribution >= 0.6 is 0 Å². The highest BCUT2D eigenvalue weighted by Crippen LogP contribution is 2.40. The van der Waals surface area contributed by atoms with Crippen LogP contribution in [0, 0.1) is 0 Å².